The molecule has 2 saturated heterocycles. The first-order valence-electron chi connectivity index (χ1n) is 15.0. The molecule has 2 bridgehead atoms. The minimum Gasteiger partial charge on any atom is -0.459 e. The molecule has 238 valence electrons. The van der Waals surface area contributed by atoms with Crippen molar-refractivity contribution in [1.29, 1.82) is 0 Å². The third kappa shape index (κ3) is 4.42. The largest absolute Gasteiger partial charge is 0.459 e. The van der Waals surface area contributed by atoms with Gasteiger partial charge in [-0.1, -0.05) is 26.3 Å². The summed E-state index contributed by atoms with van der Waals surface area (Å²) in [7, 11) is 0. The van der Waals surface area contributed by atoms with Crippen molar-refractivity contribution in [1.82, 2.24) is 0 Å². The SMILES string of the molecule is CCC(C)C(=O)O[C@H]1C(=O)O[C@@H]2C[C@H]3C(C)=C[C@H](OC(C)=O)[C@@H](OC(C)=O)[C@]3(C)[C@H]3[C@@H](O)[C@@H](OC(C)=O)[C@@]4(C)OC[C@]32[C@@H]14. The van der Waals surface area contributed by atoms with Gasteiger partial charge < -0.3 is 33.5 Å². The van der Waals surface area contributed by atoms with Crippen molar-refractivity contribution >= 4 is 29.8 Å². The van der Waals surface area contributed by atoms with E-state index in [-0.39, 0.29) is 6.61 Å². The Balaban J connectivity index is 1.75. The normalized spacial score (nSPS) is 44.9. The van der Waals surface area contributed by atoms with Gasteiger partial charge in [0.05, 0.1) is 24.5 Å². The molecule has 5 aliphatic rings. The molecule has 1 unspecified atom stereocenters. The fourth-order valence-corrected chi connectivity index (χ4v) is 9.21. The highest BCUT2D eigenvalue weighted by Gasteiger charge is 2.83. The van der Waals surface area contributed by atoms with E-state index in [4.69, 9.17) is 28.4 Å². The smallest absolute Gasteiger partial charge is 0.348 e. The van der Waals surface area contributed by atoms with E-state index < -0.39 is 107 Å². The minimum atomic E-state index is -1.44. The standard InChI is InChI=1S/C31H42O12/c1-9-13(2)27(36)43-22-24-30(8)26(41-17(6)34)21(35)23-29(7)18(11-20(42-28(22)37)31(23,24)12-38-30)14(3)10-19(39-15(4)32)25(29)40-16(5)33/h10,13,18-26,35H,9,11-12H2,1-8H3/t13?,18-,19-,20+,21+,22+,23+,24-,25+,26+,29-,30-,31+/m0/s1. The van der Waals surface area contributed by atoms with Gasteiger partial charge in [0.15, 0.2) is 12.2 Å². The molecule has 4 fully saturated rings. The molecular weight excluding hydrogens is 564 g/mol. The van der Waals surface area contributed by atoms with Crippen LogP contribution in [0.5, 0.6) is 0 Å². The second-order valence-corrected chi connectivity index (χ2v) is 13.3. The lowest BCUT2D eigenvalue weighted by Gasteiger charge is -2.69. The Morgan fingerprint density at radius 2 is 1.60 bits per heavy atom. The van der Waals surface area contributed by atoms with Crippen molar-refractivity contribution in [2.45, 2.75) is 110 Å². The molecule has 2 heterocycles. The Hall–Kier alpha value is -2.99. The number of carbonyl (C=O) groups is 5. The summed E-state index contributed by atoms with van der Waals surface area (Å²) in [6, 6.07) is 0. The van der Waals surface area contributed by atoms with Crippen LogP contribution >= 0.6 is 0 Å². The fourth-order valence-electron chi connectivity index (χ4n) is 9.21. The molecule has 0 aromatic heterocycles. The van der Waals surface area contributed by atoms with Crippen LogP contribution < -0.4 is 0 Å². The number of hydrogen-bond donors (Lipinski definition) is 1. The summed E-state index contributed by atoms with van der Waals surface area (Å²) in [4.78, 5) is 64.0. The van der Waals surface area contributed by atoms with Crippen molar-refractivity contribution in [3.05, 3.63) is 11.6 Å². The average Bonchev–Trinajstić information content (AvgIpc) is 3.17. The van der Waals surface area contributed by atoms with E-state index in [2.05, 4.69) is 0 Å². The number of fused-ring (bicyclic) bond motifs is 2. The molecule has 2 saturated carbocycles. The zero-order chi connectivity index (χ0) is 31.8. The van der Waals surface area contributed by atoms with Crippen LogP contribution in [0.2, 0.25) is 0 Å². The zero-order valence-corrected chi connectivity index (χ0v) is 25.9. The number of aliphatic hydroxyl groups excluding tert-OH is 1. The molecule has 13 atom stereocenters. The number of allylic oxidation sites excluding steroid dienone is 1. The van der Waals surface area contributed by atoms with Crippen LogP contribution in [0.1, 0.15) is 68.2 Å². The lowest BCUT2D eigenvalue weighted by molar-refractivity contribution is -0.306. The maximum atomic E-state index is 13.7. The van der Waals surface area contributed by atoms with Crippen LogP contribution in [-0.4, -0.2) is 83.8 Å². The van der Waals surface area contributed by atoms with E-state index in [1.807, 2.05) is 20.8 Å². The van der Waals surface area contributed by atoms with Crippen molar-refractivity contribution in [2.75, 3.05) is 6.61 Å². The predicted molar refractivity (Wildman–Crippen MR) is 146 cm³/mol. The molecule has 0 radical (unpaired) electrons. The van der Waals surface area contributed by atoms with Crippen LogP contribution in [0.15, 0.2) is 11.6 Å². The van der Waals surface area contributed by atoms with Crippen molar-refractivity contribution in [3.63, 3.8) is 0 Å². The van der Waals surface area contributed by atoms with Gasteiger partial charge in [0.25, 0.3) is 0 Å². The number of rotatable bonds is 6. The number of ether oxygens (including phenoxy) is 6. The Labute approximate surface area is 250 Å². The Kier molecular flexibility index (Phi) is 7.73. The molecule has 12 nitrogen and oxygen atoms in total. The molecule has 0 amide bonds. The van der Waals surface area contributed by atoms with Crippen molar-refractivity contribution in [3.8, 4) is 0 Å². The molecule has 1 N–H and O–H groups in total. The maximum absolute atomic E-state index is 13.7. The van der Waals surface area contributed by atoms with E-state index >= 15 is 0 Å². The first-order valence-corrected chi connectivity index (χ1v) is 15.0. The van der Waals surface area contributed by atoms with Crippen molar-refractivity contribution < 1.29 is 57.5 Å². The van der Waals surface area contributed by atoms with Crippen LogP contribution in [-0.2, 0) is 52.4 Å². The molecule has 12 heteroatoms. The van der Waals surface area contributed by atoms with Gasteiger partial charge >= 0.3 is 29.8 Å². The van der Waals surface area contributed by atoms with Gasteiger partial charge in [-0.15, -0.1) is 0 Å². The van der Waals surface area contributed by atoms with E-state index in [0.29, 0.717) is 12.8 Å². The van der Waals surface area contributed by atoms with Gasteiger partial charge in [-0.05, 0) is 38.7 Å². The summed E-state index contributed by atoms with van der Waals surface area (Å²) in [6.07, 6.45) is -4.37. The monoisotopic (exact) mass is 606 g/mol. The summed E-state index contributed by atoms with van der Waals surface area (Å²) in [5.41, 5.74) is -2.91. The van der Waals surface area contributed by atoms with E-state index in [0.717, 1.165) is 5.57 Å². The number of carbonyl (C=O) groups excluding carboxylic acids is 5. The Morgan fingerprint density at radius 1 is 1.00 bits per heavy atom. The highest BCUT2D eigenvalue weighted by atomic mass is 16.6. The van der Waals surface area contributed by atoms with Gasteiger partial charge in [0.2, 0.25) is 6.10 Å². The van der Waals surface area contributed by atoms with E-state index in [9.17, 15) is 29.1 Å². The summed E-state index contributed by atoms with van der Waals surface area (Å²) < 4.78 is 35.8. The topological polar surface area (TPSA) is 161 Å². The number of hydrogen-bond acceptors (Lipinski definition) is 12. The Bertz CT molecular complexity index is 1260. The lowest BCUT2D eigenvalue weighted by Crippen LogP contribution is -2.79. The summed E-state index contributed by atoms with van der Waals surface area (Å²) in [5.74, 6) is -5.87. The summed E-state index contributed by atoms with van der Waals surface area (Å²) in [6.45, 7) is 12.6. The van der Waals surface area contributed by atoms with Crippen LogP contribution in [0, 0.1) is 34.5 Å². The summed E-state index contributed by atoms with van der Waals surface area (Å²) in [5, 5.41) is 12.3. The molecule has 5 rings (SSSR count). The number of aliphatic hydroxyl groups is 1. The van der Waals surface area contributed by atoms with Crippen molar-refractivity contribution in [2.24, 2.45) is 34.5 Å². The molecular formula is C31H42O12. The number of esters is 5. The van der Waals surface area contributed by atoms with Crippen LogP contribution in [0.4, 0.5) is 0 Å². The lowest BCUT2D eigenvalue weighted by atomic mass is 9.38. The molecule has 0 aromatic carbocycles. The van der Waals surface area contributed by atoms with E-state index in [1.54, 1.807) is 19.9 Å². The molecule has 0 aromatic rings. The minimum absolute atomic E-state index is 0.0148. The van der Waals surface area contributed by atoms with Gasteiger partial charge in [-0.3, -0.25) is 19.2 Å². The van der Waals surface area contributed by atoms with Gasteiger partial charge in [-0.25, -0.2) is 4.79 Å². The zero-order valence-electron chi connectivity index (χ0n) is 25.9. The third-order valence-corrected chi connectivity index (χ3v) is 10.9. The maximum Gasteiger partial charge on any atom is 0.348 e. The van der Waals surface area contributed by atoms with Crippen LogP contribution in [0.3, 0.4) is 0 Å². The first kappa shape index (κ1) is 31.4. The highest BCUT2D eigenvalue weighted by molar-refractivity contribution is 5.82. The highest BCUT2D eigenvalue weighted by Crippen LogP contribution is 2.73. The molecule has 1 spiro atoms. The predicted octanol–water partition coefficient (Wildman–Crippen LogP) is 2.03. The molecule has 2 aliphatic heterocycles. The first-order chi connectivity index (χ1) is 20.0. The van der Waals surface area contributed by atoms with Gasteiger partial charge in [-0.2, -0.15) is 0 Å². The molecule has 43 heavy (non-hydrogen) atoms. The van der Waals surface area contributed by atoms with E-state index in [1.165, 1.54) is 20.8 Å². The quantitative estimate of drug-likeness (QED) is 0.267. The molecule has 3 aliphatic carbocycles. The fraction of sp³-hybridized carbons (Fsp3) is 0.774. The third-order valence-electron chi connectivity index (χ3n) is 10.9. The van der Waals surface area contributed by atoms with Gasteiger partial charge in [0, 0.05) is 37.5 Å². The second kappa shape index (κ2) is 10.6. The van der Waals surface area contributed by atoms with Crippen LogP contribution in [0.25, 0.3) is 0 Å². The summed E-state index contributed by atoms with van der Waals surface area (Å²) >= 11 is 0. The Morgan fingerprint density at radius 3 is 2.19 bits per heavy atom. The second-order valence-electron chi connectivity index (χ2n) is 13.3. The van der Waals surface area contributed by atoms with Gasteiger partial charge in [0.1, 0.15) is 17.8 Å². The average molecular weight is 607 g/mol.